The van der Waals surface area contributed by atoms with Crippen LogP contribution in [0.3, 0.4) is 0 Å². The van der Waals surface area contributed by atoms with Gasteiger partial charge in [0, 0.05) is 23.6 Å². The molecule has 86 valence electrons. The first-order valence-electron chi connectivity index (χ1n) is 4.79. The largest absolute Gasteiger partial charge is 0.398 e. The molecule has 0 amide bonds. The summed E-state index contributed by atoms with van der Waals surface area (Å²) in [6.45, 7) is 0. The van der Waals surface area contributed by atoms with Crippen LogP contribution < -0.4 is 5.73 Å². The number of benzene rings is 1. The Bertz CT molecular complexity index is 584. The summed E-state index contributed by atoms with van der Waals surface area (Å²) < 4.78 is 25.7. The number of nitrogens with two attached hydrogens (primary N) is 1. The molecule has 0 spiro atoms. The summed E-state index contributed by atoms with van der Waals surface area (Å²) >= 11 is 0. The minimum Gasteiger partial charge on any atom is -0.398 e. The van der Waals surface area contributed by atoms with Gasteiger partial charge in [-0.15, -0.1) is 0 Å². The number of nitrogen functional groups attached to an aromatic ring is 1. The van der Waals surface area contributed by atoms with E-state index >= 15 is 0 Å². The molecular weight excluding hydrogens is 226 g/mol. The SMILES string of the molecule is Nc1ccncc1C(=O)c1ccc(F)c(F)c1. The van der Waals surface area contributed by atoms with Crippen molar-refractivity contribution < 1.29 is 13.6 Å². The number of anilines is 1. The van der Waals surface area contributed by atoms with E-state index in [0.717, 1.165) is 12.1 Å². The van der Waals surface area contributed by atoms with Crippen molar-refractivity contribution in [1.29, 1.82) is 0 Å². The average molecular weight is 234 g/mol. The number of carbonyl (C=O) groups is 1. The lowest BCUT2D eigenvalue weighted by Crippen LogP contribution is -2.06. The van der Waals surface area contributed by atoms with Crippen molar-refractivity contribution in [3.05, 3.63) is 59.4 Å². The minimum atomic E-state index is -1.07. The van der Waals surface area contributed by atoms with E-state index in [2.05, 4.69) is 4.98 Å². The zero-order chi connectivity index (χ0) is 12.4. The van der Waals surface area contributed by atoms with E-state index in [0.29, 0.717) is 0 Å². The maximum absolute atomic E-state index is 13.0. The standard InChI is InChI=1S/C12H8F2N2O/c13-9-2-1-7(5-10(9)14)12(17)8-6-16-4-3-11(8)15/h1-6H,(H2,15,16). The Hall–Kier alpha value is -2.30. The molecule has 1 aromatic heterocycles. The highest BCUT2D eigenvalue weighted by molar-refractivity contribution is 6.11. The Morgan fingerprint density at radius 3 is 2.59 bits per heavy atom. The molecule has 0 aliphatic rings. The number of halogens is 2. The van der Waals surface area contributed by atoms with E-state index in [1.807, 2.05) is 0 Å². The molecule has 0 aliphatic carbocycles. The van der Waals surface area contributed by atoms with Crippen molar-refractivity contribution in [3.63, 3.8) is 0 Å². The van der Waals surface area contributed by atoms with Crippen LogP contribution in [0.5, 0.6) is 0 Å². The van der Waals surface area contributed by atoms with Crippen molar-refractivity contribution >= 4 is 11.5 Å². The topological polar surface area (TPSA) is 56.0 Å². The van der Waals surface area contributed by atoms with E-state index < -0.39 is 17.4 Å². The van der Waals surface area contributed by atoms with Crippen molar-refractivity contribution in [2.45, 2.75) is 0 Å². The van der Waals surface area contributed by atoms with Gasteiger partial charge in [0.05, 0.1) is 5.56 Å². The first-order valence-corrected chi connectivity index (χ1v) is 4.79. The lowest BCUT2D eigenvalue weighted by Gasteiger charge is -2.04. The summed E-state index contributed by atoms with van der Waals surface area (Å²) in [5, 5.41) is 0. The van der Waals surface area contributed by atoms with Gasteiger partial charge < -0.3 is 5.73 Å². The van der Waals surface area contributed by atoms with Gasteiger partial charge in [0.15, 0.2) is 17.4 Å². The van der Waals surface area contributed by atoms with Crippen LogP contribution in [0.25, 0.3) is 0 Å². The van der Waals surface area contributed by atoms with E-state index in [4.69, 9.17) is 5.73 Å². The molecule has 2 N–H and O–H groups in total. The fourth-order valence-electron chi connectivity index (χ4n) is 1.39. The van der Waals surface area contributed by atoms with Gasteiger partial charge in [0.1, 0.15) is 0 Å². The van der Waals surface area contributed by atoms with Gasteiger partial charge in [-0.1, -0.05) is 0 Å². The Morgan fingerprint density at radius 1 is 1.18 bits per heavy atom. The number of hydrogen-bond acceptors (Lipinski definition) is 3. The molecule has 17 heavy (non-hydrogen) atoms. The molecule has 2 rings (SSSR count). The summed E-state index contributed by atoms with van der Waals surface area (Å²) in [7, 11) is 0. The fraction of sp³-hybridized carbons (Fsp3) is 0. The number of aromatic nitrogens is 1. The van der Waals surface area contributed by atoms with Crippen LogP contribution in [0.1, 0.15) is 15.9 Å². The molecule has 1 aromatic carbocycles. The molecule has 0 radical (unpaired) electrons. The summed E-state index contributed by atoms with van der Waals surface area (Å²) in [6, 6.07) is 4.40. The van der Waals surface area contributed by atoms with Gasteiger partial charge >= 0.3 is 0 Å². The lowest BCUT2D eigenvalue weighted by atomic mass is 10.0. The third kappa shape index (κ3) is 2.13. The van der Waals surface area contributed by atoms with Gasteiger partial charge in [-0.2, -0.15) is 0 Å². The smallest absolute Gasteiger partial charge is 0.196 e. The minimum absolute atomic E-state index is 0.0311. The summed E-state index contributed by atoms with van der Waals surface area (Å²) in [6.07, 6.45) is 2.73. The first kappa shape index (κ1) is 11.2. The van der Waals surface area contributed by atoms with Gasteiger partial charge in [0.2, 0.25) is 0 Å². The molecule has 3 nitrogen and oxygen atoms in total. The quantitative estimate of drug-likeness (QED) is 0.810. The van der Waals surface area contributed by atoms with Crippen molar-refractivity contribution in [1.82, 2.24) is 4.98 Å². The van der Waals surface area contributed by atoms with Crippen LogP contribution in [0.15, 0.2) is 36.7 Å². The molecule has 0 unspecified atom stereocenters. The average Bonchev–Trinajstić information content (AvgIpc) is 2.32. The number of nitrogens with zero attached hydrogens (tertiary/aromatic N) is 1. The summed E-state index contributed by atoms with van der Waals surface area (Å²) in [5.74, 6) is -2.56. The molecule has 1 heterocycles. The molecule has 0 bridgehead atoms. The highest BCUT2D eigenvalue weighted by atomic mass is 19.2. The van der Waals surface area contributed by atoms with E-state index in [1.54, 1.807) is 0 Å². The Balaban J connectivity index is 2.44. The van der Waals surface area contributed by atoms with Crippen LogP contribution in [-0.2, 0) is 0 Å². The number of carbonyl (C=O) groups excluding carboxylic acids is 1. The monoisotopic (exact) mass is 234 g/mol. The van der Waals surface area contributed by atoms with Crippen molar-refractivity contribution in [2.24, 2.45) is 0 Å². The molecule has 0 saturated carbocycles. The fourth-order valence-corrected chi connectivity index (χ4v) is 1.39. The molecular formula is C12H8F2N2O. The molecule has 0 atom stereocenters. The van der Waals surface area contributed by atoms with Crippen LogP contribution in [0, 0.1) is 11.6 Å². The number of hydrogen-bond donors (Lipinski definition) is 1. The molecule has 2 aromatic rings. The van der Waals surface area contributed by atoms with Crippen LogP contribution >= 0.6 is 0 Å². The molecule has 5 heteroatoms. The van der Waals surface area contributed by atoms with Gasteiger partial charge in [-0.05, 0) is 24.3 Å². The van der Waals surface area contributed by atoms with Crippen LogP contribution in [0.2, 0.25) is 0 Å². The predicted octanol–water partition coefficient (Wildman–Crippen LogP) is 2.17. The van der Waals surface area contributed by atoms with Gasteiger partial charge in [0.25, 0.3) is 0 Å². The molecule has 0 fully saturated rings. The van der Waals surface area contributed by atoms with E-state index in [9.17, 15) is 13.6 Å². The third-order valence-electron chi connectivity index (χ3n) is 2.28. The van der Waals surface area contributed by atoms with Crippen molar-refractivity contribution in [3.8, 4) is 0 Å². The Kier molecular flexibility index (Phi) is 2.82. The van der Waals surface area contributed by atoms with Gasteiger partial charge in [-0.3, -0.25) is 9.78 Å². The Morgan fingerprint density at radius 2 is 1.94 bits per heavy atom. The number of pyridine rings is 1. The highest BCUT2D eigenvalue weighted by Crippen LogP contribution is 2.16. The van der Waals surface area contributed by atoms with E-state index in [1.165, 1.54) is 24.5 Å². The summed E-state index contributed by atoms with van der Waals surface area (Å²) in [5.41, 5.74) is 6.04. The first-order chi connectivity index (χ1) is 8.09. The van der Waals surface area contributed by atoms with Crippen LogP contribution in [-0.4, -0.2) is 10.8 Å². The maximum atomic E-state index is 13.0. The molecule has 0 saturated heterocycles. The zero-order valence-electron chi connectivity index (χ0n) is 8.65. The second kappa shape index (κ2) is 4.29. The normalized spacial score (nSPS) is 10.2. The van der Waals surface area contributed by atoms with Gasteiger partial charge in [-0.25, -0.2) is 8.78 Å². The summed E-state index contributed by atoms with van der Waals surface area (Å²) in [4.78, 5) is 15.7. The van der Waals surface area contributed by atoms with E-state index in [-0.39, 0.29) is 16.8 Å². The highest BCUT2D eigenvalue weighted by Gasteiger charge is 2.14. The Labute approximate surface area is 95.9 Å². The second-order valence-corrected chi connectivity index (χ2v) is 3.42. The zero-order valence-corrected chi connectivity index (χ0v) is 8.65. The predicted molar refractivity (Wildman–Crippen MR) is 58.4 cm³/mol. The lowest BCUT2D eigenvalue weighted by molar-refractivity contribution is 0.103. The maximum Gasteiger partial charge on any atom is 0.196 e. The third-order valence-corrected chi connectivity index (χ3v) is 2.28. The molecule has 0 aliphatic heterocycles. The second-order valence-electron chi connectivity index (χ2n) is 3.42. The van der Waals surface area contributed by atoms with Crippen molar-refractivity contribution in [2.75, 3.05) is 5.73 Å². The number of ketones is 1. The number of rotatable bonds is 2. The van der Waals surface area contributed by atoms with Crippen LogP contribution in [0.4, 0.5) is 14.5 Å².